The van der Waals surface area contributed by atoms with E-state index in [0.717, 1.165) is 27.8 Å². The predicted molar refractivity (Wildman–Crippen MR) is 140 cm³/mol. The molecule has 0 saturated carbocycles. The van der Waals surface area contributed by atoms with Crippen LogP contribution < -0.4 is 15.2 Å². The molecule has 2 heterocycles. The molecule has 0 saturated heterocycles. The number of amides is 1. The highest BCUT2D eigenvalue weighted by atomic mass is 32.2. The summed E-state index contributed by atoms with van der Waals surface area (Å²) >= 11 is 0. The van der Waals surface area contributed by atoms with Gasteiger partial charge in [-0.15, -0.1) is 0 Å². The summed E-state index contributed by atoms with van der Waals surface area (Å²) in [6.07, 6.45) is 2.42. The van der Waals surface area contributed by atoms with E-state index in [2.05, 4.69) is 15.0 Å². The fraction of sp³-hybridized carbons (Fsp3) is 0.154. The summed E-state index contributed by atoms with van der Waals surface area (Å²) in [5, 5.41) is -0.546. The number of rotatable bonds is 6. The largest absolute Gasteiger partial charge is 0.438 e. The number of nitrogens with two attached hydrogens (primary N) is 1. The number of nitrogen functional groups attached to an aromatic ring is 1. The van der Waals surface area contributed by atoms with E-state index in [1.54, 1.807) is 6.07 Å². The Kier molecular flexibility index (Phi) is 6.71. The van der Waals surface area contributed by atoms with Gasteiger partial charge in [0.25, 0.3) is 15.9 Å². The molecule has 1 amide bonds. The molecule has 10 heteroatoms. The van der Waals surface area contributed by atoms with Crippen LogP contribution in [0.2, 0.25) is 0 Å². The van der Waals surface area contributed by atoms with Crippen molar-refractivity contribution in [3.05, 3.63) is 88.7 Å². The summed E-state index contributed by atoms with van der Waals surface area (Å²) < 4.78 is 33.7. The first kappa shape index (κ1) is 24.8. The van der Waals surface area contributed by atoms with Crippen molar-refractivity contribution >= 4 is 21.7 Å². The highest BCUT2D eigenvalue weighted by molar-refractivity contribution is 7.90. The van der Waals surface area contributed by atoms with Crippen LogP contribution in [0.15, 0.2) is 66.0 Å². The fourth-order valence-corrected chi connectivity index (χ4v) is 4.75. The van der Waals surface area contributed by atoms with Gasteiger partial charge < -0.3 is 10.5 Å². The Balaban J connectivity index is 0.00000253. The third-order valence-corrected chi connectivity index (χ3v) is 6.71. The second kappa shape index (κ2) is 9.74. The molecule has 188 valence electrons. The van der Waals surface area contributed by atoms with E-state index in [1.807, 2.05) is 68.8 Å². The van der Waals surface area contributed by atoms with Gasteiger partial charge in [0.15, 0.2) is 5.82 Å². The Morgan fingerprint density at radius 1 is 0.917 bits per heavy atom. The van der Waals surface area contributed by atoms with Crippen LogP contribution in [0.1, 0.15) is 35.5 Å². The number of aryl methyl sites for hydroxylation is 4. The number of ether oxygens (including phenoxy) is 1. The van der Waals surface area contributed by atoms with Gasteiger partial charge in [-0.1, -0.05) is 47.5 Å². The molecule has 0 radical (unpaired) electrons. The number of benzene rings is 2. The van der Waals surface area contributed by atoms with Crippen LogP contribution in [-0.4, -0.2) is 29.3 Å². The monoisotopic (exact) mass is 507 g/mol. The quantitative estimate of drug-likeness (QED) is 0.381. The van der Waals surface area contributed by atoms with E-state index in [0.29, 0.717) is 11.4 Å². The molecule has 9 nitrogen and oxygen atoms in total. The molecule has 0 unspecified atom stereocenters. The Bertz CT molecular complexity index is 1560. The first-order valence-electron chi connectivity index (χ1n) is 11.0. The van der Waals surface area contributed by atoms with Gasteiger partial charge in [-0.25, -0.2) is 19.7 Å². The van der Waals surface area contributed by atoms with Crippen LogP contribution in [-0.2, 0) is 10.0 Å². The topological polar surface area (TPSA) is 137 Å². The first-order chi connectivity index (χ1) is 17.0. The van der Waals surface area contributed by atoms with Gasteiger partial charge in [0.05, 0.1) is 5.69 Å². The molecule has 4 rings (SSSR count). The molecule has 0 atom stereocenters. The minimum atomic E-state index is -4.40. The van der Waals surface area contributed by atoms with Crippen LogP contribution in [0.3, 0.4) is 0 Å². The minimum Gasteiger partial charge on any atom is -0.438 e. The molecule has 0 fully saturated rings. The van der Waals surface area contributed by atoms with Crippen molar-refractivity contribution in [3.8, 4) is 22.9 Å². The van der Waals surface area contributed by atoms with Crippen molar-refractivity contribution in [2.75, 3.05) is 5.73 Å². The Morgan fingerprint density at radius 3 is 2.19 bits per heavy atom. The Morgan fingerprint density at radius 2 is 1.56 bits per heavy atom. The van der Waals surface area contributed by atoms with Crippen LogP contribution >= 0.6 is 0 Å². The van der Waals surface area contributed by atoms with E-state index in [9.17, 15) is 13.2 Å². The molecule has 3 N–H and O–H groups in total. The van der Waals surface area contributed by atoms with Crippen LogP contribution in [0.25, 0.3) is 11.3 Å². The Labute approximate surface area is 212 Å². The fourth-order valence-electron chi connectivity index (χ4n) is 3.77. The number of carbonyl (C=O) groups excluding carboxylic acids is 1. The van der Waals surface area contributed by atoms with Crippen LogP contribution in [0.5, 0.6) is 11.6 Å². The summed E-state index contributed by atoms with van der Waals surface area (Å²) in [7, 11) is -4.40. The molecule has 0 bridgehead atoms. The third kappa shape index (κ3) is 5.18. The van der Waals surface area contributed by atoms with Gasteiger partial charge in [0.1, 0.15) is 11.3 Å². The summed E-state index contributed by atoms with van der Waals surface area (Å²) in [4.78, 5) is 25.2. The zero-order valence-corrected chi connectivity index (χ0v) is 21.1. The molecule has 0 aliphatic carbocycles. The normalized spacial score (nSPS) is 11.2. The molecular formula is C26H29N5O4S. The molecule has 2 aromatic heterocycles. The van der Waals surface area contributed by atoms with Crippen molar-refractivity contribution in [2.24, 2.45) is 0 Å². The van der Waals surface area contributed by atoms with E-state index in [-0.39, 0.29) is 20.1 Å². The van der Waals surface area contributed by atoms with E-state index in [4.69, 9.17) is 10.5 Å². The molecule has 0 aliphatic rings. The number of sulfonamides is 1. The van der Waals surface area contributed by atoms with Crippen LogP contribution in [0, 0.1) is 27.7 Å². The highest BCUT2D eigenvalue weighted by Crippen LogP contribution is 2.32. The maximum atomic E-state index is 13.2. The van der Waals surface area contributed by atoms with Gasteiger partial charge in [0, 0.05) is 20.8 Å². The predicted octanol–water partition coefficient (Wildman–Crippen LogP) is 4.76. The van der Waals surface area contributed by atoms with Crippen LogP contribution in [0.4, 0.5) is 5.82 Å². The molecule has 2 aromatic carbocycles. The van der Waals surface area contributed by atoms with Crippen molar-refractivity contribution in [1.82, 2.24) is 19.7 Å². The minimum absolute atomic E-state index is 0. The maximum absolute atomic E-state index is 13.2. The average Bonchev–Trinajstić information content (AvgIpc) is 2.81. The SMILES string of the molecule is Cc1ccc(-c2ccc(C(=O)NS(=O)(=O)c3nccnc3N)c(Oc3c(C)cc(C)cc3C)n2)cc1.[HH].[HH]. The lowest BCUT2D eigenvalue weighted by molar-refractivity contribution is 0.0978. The smallest absolute Gasteiger partial charge is 0.285 e. The van der Waals surface area contributed by atoms with E-state index in [1.165, 1.54) is 18.5 Å². The third-order valence-electron chi connectivity index (χ3n) is 5.43. The number of hydrogen-bond donors (Lipinski definition) is 2. The number of carbonyl (C=O) groups is 1. The van der Waals surface area contributed by atoms with Gasteiger partial charge >= 0.3 is 0 Å². The highest BCUT2D eigenvalue weighted by Gasteiger charge is 2.26. The standard InChI is InChI=1S/C26H25N5O4S.2H2/c1-15-5-7-19(8-6-15)21-10-9-20(24(32)31-36(33,34)26-23(27)28-11-12-29-26)25(30-21)35-22-17(3)13-16(2)14-18(22)4;;/h5-14H,1-4H3,(H2,27,28)(H,31,32);2*1H. The van der Waals surface area contributed by atoms with E-state index >= 15 is 0 Å². The number of aromatic nitrogens is 3. The number of nitrogens with one attached hydrogen (secondary N) is 1. The lowest BCUT2D eigenvalue weighted by atomic mass is 10.1. The second-order valence-electron chi connectivity index (χ2n) is 8.43. The number of nitrogens with zero attached hydrogens (tertiary/aromatic N) is 3. The zero-order valence-electron chi connectivity index (χ0n) is 20.2. The van der Waals surface area contributed by atoms with Crippen molar-refractivity contribution < 1.29 is 20.8 Å². The van der Waals surface area contributed by atoms with Crippen molar-refractivity contribution in [2.45, 2.75) is 32.7 Å². The van der Waals surface area contributed by atoms with Gasteiger partial charge in [-0.3, -0.25) is 4.79 Å². The molecule has 0 spiro atoms. The molecular weight excluding hydrogens is 478 g/mol. The maximum Gasteiger partial charge on any atom is 0.285 e. The summed E-state index contributed by atoms with van der Waals surface area (Å²) in [5.74, 6) is -0.777. The summed E-state index contributed by atoms with van der Waals surface area (Å²) in [6.45, 7) is 7.73. The van der Waals surface area contributed by atoms with Gasteiger partial charge in [0.2, 0.25) is 10.9 Å². The Hall–Kier alpha value is -4.31. The first-order valence-corrected chi connectivity index (χ1v) is 12.5. The second-order valence-corrected chi connectivity index (χ2v) is 10.0. The molecule has 0 aliphatic heterocycles. The number of anilines is 1. The zero-order chi connectivity index (χ0) is 26.0. The molecule has 36 heavy (non-hydrogen) atoms. The number of pyridine rings is 1. The van der Waals surface area contributed by atoms with Gasteiger partial charge in [-0.2, -0.15) is 8.42 Å². The van der Waals surface area contributed by atoms with Crippen molar-refractivity contribution in [3.63, 3.8) is 0 Å². The lowest BCUT2D eigenvalue weighted by Gasteiger charge is -2.16. The molecule has 4 aromatic rings. The van der Waals surface area contributed by atoms with Gasteiger partial charge in [-0.05, 0) is 51.0 Å². The lowest BCUT2D eigenvalue weighted by Crippen LogP contribution is -2.32. The average molecular weight is 508 g/mol. The van der Waals surface area contributed by atoms with E-state index < -0.39 is 21.0 Å². The summed E-state index contributed by atoms with van der Waals surface area (Å²) in [5.41, 5.74) is 10.8. The van der Waals surface area contributed by atoms with Crippen molar-refractivity contribution in [1.29, 1.82) is 0 Å². The number of hydrogen-bond acceptors (Lipinski definition) is 8. The summed E-state index contributed by atoms with van der Waals surface area (Å²) in [6, 6.07) is 14.7.